The highest BCUT2D eigenvalue weighted by Gasteiger charge is 2.22. The maximum Gasteiger partial charge on any atom is 0.363 e. The predicted molar refractivity (Wildman–Crippen MR) is 87.0 cm³/mol. The molecule has 2 unspecified atom stereocenters. The van der Waals surface area contributed by atoms with Gasteiger partial charge in [0, 0.05) is 11.6 Å². The number of halogens is 1. The minimum atomic E-state index is -1.19. The van der Waals surface area contributed by atoms with E-state index in [9.17, 15) is 4.79 Å². The van der Waals surface area contributed by atoms with Gasteiger partial charge in [-0.3, -0.25) is 4.98 Å². The third kappa shape index (κ3) is 4.34. The standard InChI is InChI=1S/C17H20ClNO3/c1-11(2)10-12(3)21-17(20)16(18)22-14-8-4-6-13-7-5-9-19-15(13)14/h4-9,11-12,16H,10H2,1-3H3. The average molecular weight is 322 g/mol. The Morgan fingerprint density at radius 1 is 1.23 bits per heavy atom. The second-order valence-corrected chi connectivity index (χ2v) is 6.04. The highest BCUT2D eigenvalue weighted by atomic mass is 35.5. The average Bonchev–Trinajstić information content (AvgIpc) is 2.46. The molecule has 1 aromatic carbocycles. The van der Waals surface area contributed by atoms with Gasteiger partial charge >= 0.3 is 5.97 Å². The topological polar surface area (TPSA) is 48.4 Å². The van der Waals surface area contributed by atoms with Crippen LogP contribution in [0.3, 0.4) is 0 Å². The fraction of sp³-hybridized carbons (Fsp3) is 0.412. The number of pyridine rings is 1. The normalized spacial score (nSPS) is 13.9. The first kappa shape index (κ1) is 16.6. The number of para-hydroxylation sites is 1. The zero-order valence-corrected chi connectivity index (χ0v) is 13.7. The molecule has 0 saturated heterocycles. The Hall–Kier alpha value is -1.81. The lowest BCUT2D eigenvalue weighted by molar-refractivity contribution is -0.153. The van der Waals surface area contributed by atoms with Gasteiger partial charge in [0.25, 0.3) is 5.56 Å². The third-order valence-corrected chi connectivity index (χ3v) is 3.40. The number of alkyl halides is 1. The molecule has 1 heterocycles. The molecule has 0 aliphatic carbocycles. The molecule has 2 atom stereocenters. The van der Waals surface area contributed by atoms with E-state index in [-0.39, 0.29) is 6.10 Å². The molecule has 4 nitrogen and oxygen atoms in total. The highest BCUT2D eigenvalue weighted by Crippen LogP contribution is 2.25. The van der Waals surface area contributed by atoms with Gasteiger partial charge in [-0.25, -0.2) is 4.79 Å². The van der Waals surface area contributed by atoms with Gasteiger partial charge in [-0.2, -0.15) is 0 Å². The summed E-state index contributed by atoms with van der Waals surface area (Å²) in [6.07, 6.45) is 2.26. The molecular formula is C17H20ClNO3. The summed E-state index contributed by atoms with van der Waals surface area (Å²) >= 11 is 6.02. The highest BCUT2D eigenvalue weighted by molar-refractivity contribution is 6.29. The number of ether oxygens (including phenoxy) is 2. The summed E-state index contributed by atoms with van der Waals surface area (Å²) in [6.45, 7) is 5.99. The Morgan fingerprint density at radius 2 is 1.95 bits per heavy atom. The van der Waals surface area contributed by atoms with Crippen LogP contribution in [0.15, 0.2) is 36.5 Å². The Bertz CT molecular complexity index is 639. The van der Waals surface area contributed by atoms with Crippen molar-refractivity contribution in [3.63, 3.8) is 0 Å². The lowest BCUT2D eigenvalue weighted by Gasteiger charge is -2.18. The van der Waals surface area contributed by atoms with Crippen LogP contribution in [0.4, 0.5) is 0 Å². The van der Waals surface area contributed by atoms with Crippen molar-refractivity contribution >= 4 is 28.5 Å². The molecule has 0 spiro atoms. The summed E-state index contributed by atoms with van der Waals surface area (Å²) in [5, 5.41) is 0.922. The Balaban J connectivity index is 2.04. The van der Waals surface area contributed by atoms with Crippen LogP contribution in [0.2, 0.25) is 0 Å². The molecule has 118 valence electrons. The fourth-order valence-corrected chi connectivity index (χ4v) is 2.44. The Labute approximate surface area is 135 Å². The number of fused-ring (bicyclic) bond motifs is 1. The molecule has 0 bridgehead atoms. The molecule has 22 heavy (non-hydrogen) atoms. The van der Waals surface area contributed by atoms with Gasteiger partial charge in [0.1, 0.15) is 11.3 Å². The van der Waals surface area contributed by atoms with E-state index in [2.05, 4.69) is 18.8 Å². The first-order chi connectivity index (χ1) is 10.5. The van der Waals surface area contributed by atoms with Crippen molar-refractivity contribution < 1.29 is 14.3 Å². The summed E-state index contributed by atoms with van der Waals surface area (Å²) < 4.78 is 10.8. The lowest BCUT2D eigenvalue weighted by Crippen LogP contribution is -2.28. The van der Waals surface area contributed by atoms with Crippen molar-refractivity contribution in [2.75, 3.05) is 0 Å². The Morgan fingerprint density at radius 3 is 2.68 bits per heavy atom. The molecule has 5 heteroatoms. The van der Waals surface area contributed by atoms with Crippen LogP contribution < -0.4 is 4.74 Å². The van der Waals surface area contributed by atoms with Gasteiger partial charge in [-0.15, -0.1) is 0 Å². The van der Waals surface area contributed by atoms with Crippen molar-refractivity contribution in [3.8, 4) is 5.75 Å². The van der Waals surface area contributed by atoms with Crippen LogP contribution in [0, 0.1) is 5.92 Å². The second kappa shape index (κ2) is 7.45. The smallest absolute Gasteiger partial charge is 0.363 e. The van der Waals surface area contributed by atoms with Gasteiger partial charge < -0.3 is 9.47 Å². The zero-order valence-electron chi connectivity index (χ0n) is 13.0. The molecule has 0 aliphatic rings. The number of rotatable bonds is 6. The summed E-state index contributed by atoms with van der Waals surface area (Å²) in [6, 6.07) is 9.24. The summed E-state index contributed by atoms with van der Waals surface area (Å²) in [5.74, 6) is 0.328. The van der Waals surface area contributed by atoms with E-state index in [4.69, 9.17) is 21.1 Å². The van der Waals surface area contributed by atoms with E-state index in [0.717, 1.165) is 11.8 Å². The van der Waals surface area contributed by atoms with Crippen LogP contribution in [0.25, 0.3) is 10.9 Å². The predicted octanol–water partition coefficient (Wildman–Crippen LogP) is 4.16. The minimum Gasteiger partial charge on any atom is -0.461 e. The number of aromatic nitrogens is 1. The van der Waals surface area contributed by atoms with Gasteiger partial charge in [-0.1, -0.05) is 43.6 Å². The molecule has 0 fully saturated rings. The van der Waals surface area contributed by atoms with Gasteiger partial charge in [0.05, 0.1) is 6.10 Å². The molecule has 0 amide bonds. The van der Waals surface area contributed by atoms with Crippen molar-refractivity contribution in [3.05, 3.63) is 36.5 Å². The monoisotopic (exact) mass is 321 g/mol. The van der Waals surface area contributed by atoms with E-state index in [1.54, 1.807) is 12.3 Å². The molecular weight excluding hydrogens is 302 g/mol. The van der Waals surface area contributed by atoms with Crippen LogP contribution in [-0.2, 0) is 9.53 Å². The number of carbonyl (C=O) groups is 1. The van der Waals surface area contributed by atoms with E-state index in [0.29, 0.717) is 17.2 Å². The number of nitrogens with zero attached hydrogens (tertiary/aromatic N) is 1. The zero-order chi connectivity index (χ0) is 16.1. The van der Waals surface area contributed by atoms with E-state index >= 15 is 0 Å². The summed E-state index contributed by atoms with van der Waals surface area (Å²) in [4.78, 5) is 16.2. The van der Waals surface area contributed by atoms with Crippen LogP contribution >= 0.6 is 11.6 Å². The maximum atomic E-state index is 12.0. The van der Waals surface area contributed by atoms with Gasteiger partial charge in [0.2, 0.25) is 0 Å². The SMILES string of the molecule is CC(C)CC(C)OC(=O)C(Cl)Oc1cccc2cccnc12. The quantitative estimate of drug-likeness (QED) is 0.592. The minimum absolute atomic E-state index is 0.192. The lowest BCUT2D eigenvalue weighted by atomic mass is 10.1. The largest absolute Gasteiger partial charge is 0.461 e. The van der Waals surface area contributed by atoms with Crippen LogP contribution in [0.1, 0.15) is 27.2 Å². The summed E-state index contributed by atoms with van der Waals surface area (Å²) in [5.41, 5.74) is -0.527. The fourth-order valence-electron chi connectivity index (χ4n) is 2.29. The van der Waals surface area contributed by atoms with E-state index in [1.165, 1.54) is 0 Å². The molecule has 2 aromatic rings. The van der Waals surface area contributed by atoms with Crippen LogP contribution in [-0.4, -0.2) is 22.6 Å². The molecule has 0 N–H and O–H groups in total. The number of hydrogen-bond acceptors (Lipinski definition) is 4. The first-order valence-electron chi connectivity index (χ1n) is 7.32. The summed E-state index contributed by atoms with van der Waals surface area (Å²) in [7, 11) is 0. The maximum absolute atomic E-state index is 12.0. The second-order valence-electron chi connectivity index (χ2n) is 5.64. The molecule has 0 saturated carbocycles. The van der Waals surface area contributed by atoms with E-state index in [1.807, 2.05) is 31.2 Å². The van der Waals surface area contributed by atoms with Crippen molar-refractivity contribution in [1.29, 1.82) is 0 Å². The van der Waals surface area contributed by atoms with Crippen molar-refractivity contribution in [2.45, 2.75) is 38.9 Å². The van der Waals surface area contributed by atoms with Gasteiger partial charge in [0.15, 0.2) is 0 Å². The van der Waals surface area contributed by atoms with Crippen LogP contribution in [0.5, 0.6) is 5.75 Å². The molecule has 1 aromatic heterocycles. The molecule has 0 aliphatic heterocycles. The first-order valence-corrected chi connectivity index (χ1v) is 7.76. The van der Waals surface area contributed by atoms with Crippen molar-refractivity contribution in [1.82, 2.24) is 4.98 Å². The van der Waals surface area contributed by atoms with Gasteiger partial charge in [-0.05, 0) is 31.4 Å². The molecule has 0 radical (unpaired) electrons. The molecule has 2 rings (SSSR count). The number of esters is 1. The number of carbonyl (C=O) groups excluding carboxylic acids is 1. The van der Waals surface area contributed by atoms with E-state index < -0.39 is 11.5 Å². The Kier molecular flexibility index (Phi) is 5.61. The third-order valence-electron chi connectivity index (χ3n) is 3.13. The number of benzene rings is 1. The van der Waals surface area contributed by atoms with Crippen molar-refractivity contribution in [2.24, 2.45) is 5.92 Å². The number of hydrogen-bond donors (Lipinski definition) is 0.